The predicted octanol–water partition coefficient (Wildman–Crippen LogP) is 3.68. The molecule has 2 atom stereocenters. The van der Waals surface area contributed by atoms with Gasteiger partial charge >= 0.3 is 17.9 Å². The minimum atomic E-state index is -0.510. The van der Waals surface area contributed by atoms with Gasteiger partial charge in [-0.25, -0.2) is 4.79 Å². The third-order valence-electron chi connectivity index (χ3n) is 3.51. The summed E-state index contributed by atoms with van der Waals surface area (Å²) in [6.07, 6.45) is 4.72. The number of esters is 3. The van der Waals surface area contributed by atoms with Crippen LogP contribution in [0.25, 0.3) is 0 Å². The second-order valence-electron chi connectivity index (χ2n) is 5.68. The van der Waals surface area contributed by atoms with Crippen molar-refractivity contribution in [1.29, 1.82) is 0 Å². The Hall–Kier alpha value is -1.85. The third kappa shape index (κ3) is 15.4. The van der Waals surface area contributed by atoms with E-state index in [1.165, 1.54) is 0 Å². The average molecular weight is 358 g/mol. The summed E-state index contributed by atoms with van der Waals surface area (Å²) in [4.78, 5) is 32.7. The first kappa shape index (κ1) is 25.4. The van der Waals surface area contributed by atoms with Crippen molar-refractivity contribution >= 4 is 17.9 Å². The van der Waals surface area contributed by atoms with E-state index in [2.05, 4.69) is 18.2 Å². The van der Waals surface area contributed by atoms with Gasteiger partial charge < -0.3 is 14.2 Å². The lowest BCUT2D eigenvalue weighted by Gasteiger charge is -2.08. The van der Waals surface area contributed by atoms with E-state index in [1.54, 1.807) is 6.92 Å². The van der Waals surface area contributed by atoms with Crippen molar-refractivity contribution in [3.8, 4) is 0 Å². The standard InChI is InChI=1S/C10H16O4.C9H18O2/c1-4-8(3)10(12)14-7-6-13-9(11)5-2;1-4-6-7-11-9(10)8(3)5-2/h5,8H,2,4,6-7H2,1,3H3;8H,4-7H2,1-3H3. The Kier molecular flexibility index (Phi) is 17.3. The molecule has 0 heterocycles. The second kappa shape index (κ2) is 17.0. The highest BCUT2D eigenvalue weighted by atomic mass is 16.6. The van der Waals surface area contributed by atoms with Gasteiger partial charge in [0.15, 0.2) is 0 Å². The van der Waals surface area contributed by atoms with E-state index in [0.717, 1.165) is 31.8 Å². The Morgan fingerprint density at radius 1 is 0.840 bits per heavy atom. The molecule has 0 aromatic carbocycles. The first-order valence-electron chi connectivity index (χ1n) is 8.96. The summed E-state index contributed by atoms with van der Waals surface area (Å²) < 4.78 is 14.5. The molecule has 0 radical (unpaired) electrons. The molecule has 0 aliphatic heterocycles. The Balaban J connectivity index is 0. The zero-order valence-electron chi connectivity index (χ0n) is 16.3. The minimum Gasteiger partial charge on any atom is -0.465 e. The van der Waals surface area contributed by atoms with Gasteiger partial charge in [0.25, 0.3) is 0 Å². The van der Waals surface area contributed by atoms with Gasteiger partial charge in [0, 0.05) is 6.08 Å². The summed E-state index contributed by atoms with van der Waals surface area (Å²) in [5, 5.41) is 0. The van der Waals surface area contributed by atoms with E-state index in [0.29, 0.717) is 6.61 Å². The van der Waals surface area contributed by atoms with E-state index >= 15 is 0 Å². The van der Waals surface area contributed by atoms with E-state index in [1.807, 2.05) is 20.8 Å². The highest BCUT2D eigenvalue weighted by Gasteiger charge is 2.11. The molecular weight excluding hydrogens is 324 g/mol. The van der Waals surface area contributed by atoms with Crippen molar-refractivity contribution in [2.75, 3.05) is 19.8 Å². The first-order chi connectivity index (χ1) is 11.8. The summed E-state index contributed by atoms with van der Waals surface area (Å²) in [5.41, 5.74) is 0. The summed E-state index contributed by atoms with van der Waals surface area (Å²) in [5.74, 6) is -0.871. The van der Waals surface area contributed by atoms with Crippen LogP contribution in [-0.2, 0) is 28.6 Å². The van der Waals surface area contributed by atoms with Gasteiger partial charge in [0.2, 0.25) is 0 Å². The van der Waals surface area contributed by atoms with Crippen molar-refractivity contribution in [3.63, 3.8) is 0 Å². The monoisotopic (exact) mass is 358 g/mol. The molecule has 0 spiro atoms. The smallest absolute Gasteiger partial charge is 0.330 e. The number of hydrogen-bond acceptors (Lipinski definition) is 6. The van der Waals surface area contributed by atoms with Crippen LogP contribution in [-0.4, -0.2) is 37.7 Å². The van der Waals surface area contributed by atoms with Crippen molar-refractivity contribution < 1.29 is 28.6 Å². The highest BCUT2D eigenvalue weighted by Crippen LogP contribution is 2.04. The van der Waals surface area contributed by atoms with Crippen LogP contribution < -0.4 is 0 Å². The lowest BCUT2D eigenvalue weighted by molar-refractivity contribution is -0.152. The number of rotatable bonds is 11. The van der Waals surface area contributed by atoms with E-state index in [9.17, 15) is 14.4 Å². The average Bonchev–Trinajstić information content (AvgIpc) is 2.63. The molecule has 0 rings (SSSR count). The maximum atomic E-state index is 11.1. The SMILES string of the molecule is C=CC(=O)OCCOC(=O)C(C)CC.CCCCOC(=O)C(C)CC. The fourth-order valence-electron chi connectivity index (χ4n) is 1.28. The molecular formula is C19H34O6. The van der Waals surface area contributed by atoms with Crippen LogP contribution in [0.1, 0.15) is 60.3 Å². The molecule has 0 amide bonds. The van der Waals surface area contributed by atoms with Crippen LogP contribution in [0, 0.1) is 11.8 Å². The summed E-state index contributed by atoms with van der Waals surface area (Å²) in [7, 11) is 0. The molecule has 25 heavy (non-hydrogen) atoms. The largest absolute Gasteiger partial charge is 0.465 e. The maximum absolute atomic E-state index is 11.1. The fourth-order valence-corrected chi connectivity index (χ4v) is 1.28. The van der Waals surface area contributed by atoms with E-state index in [-0.39, 0.29) is 37.0 Å². The topological polar surface area (TPSA) is 78.9 Å². The normalized spacial score (nSPS) is 12.0. The quantitative estimate of drug-likeness (QED) is 0.243. The third-order valence-corrected chi connectivity index (χ3v) is 3.51. The zero-order chi connectivity index (χ0) is 19.7. The van der Waals surface area contributed by atoms with Gasteiger partial charge in [-0.1, -0.05) is 47.6 Å². The molecule has 146 valence electrons. The van der Waals surface area contributed by atoms with E-state index in [4.69, 9.17) is 9.47 Å². The molecule has 0 aliphatic carbocycles. The lowest BCUT2D eigenvalue weighted by atomic mass is 10.1. The van der Waals surface area contributed by atoms with Crippen molar-refractivity contribution in [3.05, 3.63) is 12.7 Å². The molecule has 0 aliphatic rings. The molecule has 0 aromatic rings. The Bertz CT molecular complexity index is 391. The highest BCUT2D eigenvalue weighted by molar-refractivity contribution is 5.81. The molecule has 0 N–H and O–H groups in total. The van der Waals surface area contributed by atoms with Crippen LogP contribution in [0.2, 0.25) is 0 Å². The molecule has 6 nitrogen and oxygen atoms in total. The molecule has 0 saturated heterocycles. The van der Waals surface area contributed by atoms with Crippen LogP contribution in [0.3, 0.4) is 0 Å². The summed E-state index contributed by atoms with van der Waals surface area (Å²) in [6.45, 7) is 13.7. The second-order valence-corrected chi connectivity index (χ2v) is 5.68. The Morgan fingerprint density at radius 3 is 1.68 bits per heavy atom. The summed E-state index contributed by atoms with van der Waals surface area (Å²) in [6, 6.07) is 0. The van der Waals surface area contributed by atoms with Gasteiger partial charge in [0.05, 0.1) is 18.4 Å². The van der Waals surface area contributed by atoms with Gasteiger partial charge in [0.1, 0.15) is 13.2 Å². The lowest BCUT2D eigenvalue weighted by Crippen LogP contribution is -2.17. The van der Waals surface area contributed by atoms with Crippen LogP contribution in [0.4, 0.5) is 0 Å². The summed E-state index contributed by atoms with van der Waals surface area (Å²) >= 11 is 0. The molecule has 6 heteroatoms. The number of carbonyl (C=O) groups excluding carboxylic acids is 3. The molecule has 2 unspecified atom stereocenters. The molecule has 0 saturated carbocycles. The zero-order valence-corrected chi connectivity index (χ0v) is 16.3. The van der Waals surface area contributed by atoms with Crippen LogP contribution in [0.5, 0.6) is 0 Å². The first-order valence-corrected chi connectivity index (χ1v) is 8.96. The van der Waals surface area contributed by atoms with Gasteiger partial charge in [-0.15, -0.1) is 0 Å². The predicted molar refractivity (Wildman–Crippen MR) is 96.9 cm³/mol. The molecule has 0 bridgehead atoms. The van der Waals surface area contributed by atoms with Gasteiger partial charge in [-0.2, -0.15) is 0 Å². The van der Waals surface area contributed by atoms with Crippen LogP contribution >= 0.6 is 0 Å². The van der Waals surface area contributed by atoms with Crippen molar-refractivity contribution in [2.45, 2.75) is 60.3 Å². The van der Waals surface area contributed by atoms with Gasteiger partial charge in [-0.05, 0) is 19.3 Å². The number of unbranched alkanes of at least 4 members (excludes halogenated alkanes) is 1. The van der Waals surface area contributed by atoms with Gasteiger partial charge in [-0.3, -0.25) is 9.59 Å². The molecule has 0 fully saturated rings. The number of carbonyl (C=O) groups is 3. The van der Waals surface area contributed by atoms with E-state index < -0.39 is 5.97 Å². The number of hydrogen-bond donors (Lipinski definition) is 0. The fraction of sp³-hybridized carbons (Fsp3) is 0.737. The number of ether oxygens (including phenoxy) is 3. The minimum absolute atomic E-state index is 0.0547. The van der Waals surface area contributed by atoms with Crippen molar-refractivity contribution in [2.24, 2.45) is 11.8 Å². The molecule has 0 aromatic heterocycles. The van der Waals surface area contributed by atoms with Crippen LogP contribution in [0.15, 0.2) is 12.7 Å². The maximum Gasteiger partial charge on any atom is 0.330 e. The Morgan fingerprint density at radius 2 is 1.28 bits per heavy atom. The Labute approximate surface area is 151 Å². The van der Waals surface area contributed by atoms with Crippen molar-refractivity contribution in [1.82, 2.24) is 0 Å².